The Morgan fingerprint density at radius 2 is 1.88 bits per heavy atom. The van der Waals surface area contributed by atoms with Crippen molar-refractivity contribution in [3.8, 4) is 0 Å². The van der Waals surface area contributed by atoms with Gasteiger partial charge in [0.05, 0.1) is 4.90 Å². The molecule has 0 heterocycles. The molecule has 0 aliphatic heterocycles. The van der Waals surface area contributed by atoms with Gasteiger partial charge in [0.15, 0.2) is 0 Å². The smallest absolute Gasteiger partial charge is 0.744 e. The Morgan fingerprint density at radius 3 is 2.38 bits per heavy atom. The molecule has 0 aliphatic carbocycles. The standard InChI is InChI=1S/C10H12O4S.Na/c1-8(11)6-7-9-4-2-3-5-10(9)15(12,13)14;/h2-5H,6-7H2,1H3,(H,12,13,14);/q;+1/p-1. The average molecular weight is 250 g/mol. The van der Waals surface area contributed by atoms with Crippen LogP contribution in [0.1, 0.15) is 18.9 Å². The summed E-state index contributed by atoms with van der Waals surface area (Å²) in [5.41, 5.74) is 0.405. The first-order chi connectivity index (χ1) is 6.91. The Bertz CT molecular complexity index is 467. The van der Waals surface area contributed by atoms with E-state index in [0.29, 0.717) is 5.56 Å². The van der Waals surface area contributed by atoms with Crippen molar-refractivity contribution in [2.75, 3.05) is 0 Å². The Labute approximate surface area is 117 Å². The fraction of sp³-hybridized carbons (Fsp3) is 0.300. The molecule has 0 aliphatic rings. The van der Waals surface area contributed by atoms with Crippen LogP contribution in [0.4, 0.5) is 0 Å². The van der Waals surface area contributed by atoms with Crippen LogP contribution in [-0.4, -0.2) is 18.8 Å². The molecule has 1 rings (SSSR count). The first-order valence-electron chi connectivity index (χ1n) is 4.44. The van der Waals surface area contributed by atoms with Gasteiger partial charge in [-0.15, -0.1) is 0 Å². The topological polar surface area (TPSA) is 74.3 Å². The van der Waals surface area contributed by atoms with E-state index >= 15 is 0 Å². The van der Waals surface area contributed by atoms with Crippen LogP contribution in [0.2, 0.25) is 0 Å². The van der Waals surface area contributed by atoms with E-state index in [4.69, 9.17) is 0 Å². The number of Topliss-reactive ketones (excluding diaryl/α,β-unsaturated/α-hetero) is 1. The number of carbonyl (C=O) groups is 1. The molecule has 0 atom stereocenters. The summed E-state index contributed by atoms with van der Waals surface area (Å²) in [5.74, 6) is -0.0342. The summed E-state index contributed by atoms with van der Waals surface area (Å²) in [7, 11) is -4.44. The van der Waals surface area contributed by atoms with Gasteiger partial charge in [0.1, 0.15) is 15.9 Å². The molecule has 1 aromatic rings. The van der Waals surface area contributed by atoms with Crippen LogP contribution in [0.25, 0.3) is 0 Å². The SMILES string of the molecule is CC(=O)CCc1ccccc1S(=O)(=O)[O-].[Na+]. The molecule has 16 heavy (non-hydrogen) atoms. The van der Waals surface area contributed by atoms with Crippen LogP contribution in [0.5, 0.6) is 0 Å². The minimum atomic E-state index is -4.44. The molecule has 4 nitrogen and oxygen atoms in total. The number of hydrogen-bond acceptors (Lipinski definition) is 4. The normalized spacial score (nSPS) is 10.6. The van der Waals surface area contributed by atoms with Crippen molar-refractivity contribution in [3.63, 3.8) is 0 Å². The van der Waals surface area contributed by atoms with Gasteiger partial charge >= 0.3 is 29.6 Å². The Morgan fingerprint density at radius 1 is 1.31 bits per heavy atom. The van der Waals surface area contributed by atoms with Gasteiger partial charge in [0.2, 0.25) is 0 Å². The molecule has 0 aromatic heterocycles. The van der Waals surface area contributed by atoms with Crippen LogP contribution in [-0.2, 0) is 21.3 Å². The minimum Gasteiger partial charge on any atom is -0.744 e. The van der Waals surface area contributed by atoms with E-state index in [-0.39, 0.29) is 53.1 Å². The van der Waals surface area contributed by atoms with Crippen LogP contribution >= 0.6 is 0 Å². The molecule has 0 saturated heterocycles. The zero-order valence-corrected chi connectivity index (χ0v) is 12.1. The number of benzene rings is 1. The molecule has 1 aromatic carbocycles. The summed E-state index contributed by atoms with van der Waals surface area (Å²) >= 11 is 0. The summed E-state index contributed by atoms with van der Waals surface area (Å²) in [6.07, 6.45) is 0.527. The van der Waals surface area contributed by atoms with E-state index in [0.717, 1.165) is 0 Å². The van der Waals surface area contributed by atoms with Gasteiger partial charge < -0.3 is 9.35 Å². The van der Waals surface area contributed by atoms with E-state index in [2.05, 4.69) is 0 Å². The largest absolute Gasteiger partial charge is 1.00 e. The third kappa shape index (κ3) is 4.76. The van der Waals surface area contributed by atoms with Gasteiger partial charge in [-0.25, -0.2) is 8.42 Å². The van der Waals surface area contributed by atoms with Gasteiger partial charge in [-0.2, -0.15) is 0 Å². The van der Waals surface area contributed by atoms with Crippen molar-refractivity contribution >= 4 is 15.9 Å². The van der Waals surface area contributed by atoms with E-state index < -0.39 is 10.1 Å². The number of rotatable bonds is 4. The zero-order chi connectivity index (χ0) is 11.5. The first-order valence-corrected chi connectivity index (χ1v) is 5.85. The molecule has 0 radical (unpaired) electrons. The van der Waals surface area contributed by atoms with Gasteiger partial charge in [-0.05, 0) is 25.0 Å². The predicted molar refractivity (Wildman–Crippen MR) is 53.4 cm³/mol. The van der Waals surface area contributed by atoms with Gasteiger partial charge in [-0.1, -0.05) is 18.2 Å². The minimum absolute atomic E-state index is 0. The second-order valence-corrected chi connectivity index (χ2v) is 4.61. The maximum Gasteiger partial charge on any atom is 1.00 e. The van der Waals surface area contributed by atoms with Crippen LogP contribution in [0.3, 0.4) is 0 Å². The number of carbonyl (C=O) groups excluding carboxylic acids is 1. The fourth-order valence-electron chi connectivity index (χ4n) is 1.26. The number of ketones is 1. The molecule has 0 saturated carbocycles. The first kappa shape index (κ1) is 15.8. The molecule has 6 heteroatoms. The van der Waals surface area contributed by atoms with Crippen molar-refractivity contribution in [2.24, 2.45) is 0 Å². The molecule has 0 N–H and O–H groups in total. The molecule has 82 valence electrons. The van der Waals surface area contributed by atoms with Crippen LogP contribution < -0.4 is 29.6 Å². The van der Waals surface area contributed by atoms with Gasteiger partial charge in [0.25, 0.3) is 0 Å². The molecular weight excluding hydrogens is 239 g/mol. The Hall–Kier alpha value is -0.200. The van der Waals surface area contributed by atoms with Crippen molar-refractivity contribution in [2.45, 2.75) is 24.7 Å². The number of aryl methyl sites for hydroxylation is 1. The van der Waals surface area contributed by atoms with Crippen molar-refractivity contribution in [1.82, 2.24) is 0 Å². The molecular formula is C10H11NaO4S. The van der Waals surface area contributed by atoms with E-state index in [1.807, 2.05) is 0 Å². The third-order valence-electron chi connectivity index (χ3n) is 1.99. The molecule has 0 bridgehead atoms. The summed E-state index contributed by atoms with van der Waals surface area (Å²) in [5, 5.41) is 0. The van der Waals surface area contributed by atoms with Crippen LogP contribution in [0.15, 0.2) is 29.2 Å². The predicted octanol–water partition coefficient (Wildman–Crippen LogP) is -1.88. The molecule has 0 spiro atoms. The van der Waals surface area contributed by atoms with Crippen molar-refractivity contribution in [1.29, 1.82) is 0 Å². The number of hydrogen-bond donors (Lipinski definition) is 0. The molecule has 0 unspecified atom stereocenters. The van der Waals surface area contributed by atoms with Gasteiger partial charge in [0, 0.05) is 6.42 Å². The van der Waals surface area contributed by atoms with E-state index in [1.165, 1.54) is 19.1 Å². The van der Waals surface area contributed by atoms with E-state index in [1.54, 1.807) is 12.1 Å². The summed E-state index contributed by atoms with van der Waals surface area (Å²) in [6.45, 7) is 1.42. The Kier molecular flexibility index (Phi) is 6.43. The fourth-order valence-corrected chi connectivity index (χ4v) is 2.00. The average Bonchev–Trinajstić information content (AvgIpc) is 2.13. The van der Waals surface area contributed by atoms with E-state index in [9.17, 15) is 17.8 Å². The summed E-state index contributed by atoms with van der Waals surface area (Å²) in [6, 6.07) is 5.94. The Balaban J connectivity index is 0.00000225. The third-order valence-corrected chi connectivity index (χ3v) is 2.93. The zero-order valence-electron chi connectivity index (χ0n) is 9.26. The van der Waals surface area contributed by atoms with Crippen molar-refractivity contribution in [3.05, 3.63) is 29.8 Å². The second-order valence-electron chi connectivity index (χ2n) is 3.26. The summed E-state index contributed by atoms with van der Waals surface area (Å²) < 4.78 is 32.6. The van der Waals surface area contributed by atoms with Crippen LogP contribution in [0, 0.1) is 0 Å². The van der Waals surface area contributed by atoms with Crippen molar-refractivity contribution < 1.29 is 47.3 Å². The summed E-state index contributed by atoms with van der Waals surface area (Å²) in [4.78, 5) is 10.5. The monoisotopic (exact) mass is 250 g/mol. The maximum atomic E-state index is 10.9. The van der Waals surface area contributed by atoms with Gasteiger partial charge in [-0.3, -0.25) is 0 Å². The quantitative estimate of drug-likeness (QED) is 0.463. The molecule has 0 amide bonds. The molecule has 0 fully saturated rings. The maximum absolute atomic E-state index is 10.9. The second kappa shape index (κ2) is 6.51.